The molecule has 3 heterocycles. The van der Waals surface area contributed by atoms with Gasteiger partial charge in [-0.1, -0.05) is 0 Å². The predicted molar refractivity (Wildman–Crippen MR) is 106 cm³/mol. The summed E-state index contributed by atoms with van der Waals surface area (Å²) in [6.07, 6.45) is -3.26. The topological polar surface area (TPSA) is 192 Å². The number of rotatable bonds is 7. The summed E-state index contributed by atoms with van der Waals surface area (Å²) in [6.45, 7) is 1.40. The summed E-state index contributed by atoms with van der Waals surface area (Å²) in [5.74, 6) is 0.413. The van der Waals surface area contributed by atoms with Gasteiger partial charge in [-0.3, -0.25) is 4.57 Å². The number of fused-ring (bicyclic) bond motifs is 1. The maximum absolute atomic E-state index is 10.9. The number of ether oxygens (including phenoxy) is 2. The fourth-order valence-electron chi connectivity index (χ4n) is 3.85. The van der Waals surface area contributed by atoms with Gasteiger partial charge < -0.3 is 39.9 Å². The van der Waals surface area contributed by atoms with Crippen molar-refractivity contribution >= 4 is 36.0 Å². The SMILES string of the molecule is C[C@]1(O)C[C@@H](Nc2nc(Cl)nc3c2cnn3[C@@H]2O[C@H](COCP(=O)(O)O)[C@@H](O)[C@H]2O)C1. The monoisotopic (exact) mass is 479 g/mol. The Labute approximate surface area is 181 Å². The Bertz CT molecular complexity index is 1010. The second kappa shape index (κ2) is 8.18. The highest BCUT2D eigenvalue weighted by atomic mass is 35.5. The molecule has 1 saturated heterocycles. The summed E-state index contributed by atoms with van der Waals surface area (Å²) in [5.41, 5.74) is -0.478. The van der Waals surface area contributed by atoms with Crippen molar-refractivity contribution in [3.8, 4) is 0 Å². The van der Waals surface area contributed by atoms with Gasteiger partial charge in [0.05, 0.1) is 23.8 Å². The van der Waals surface area contributed by atoms with Crippen LogP contribution in [0.1, 0.15) is 26.0 Å². The molecular weight excluding hydrogens is 457 g/mol. The fraction of sp³-hybridized carbons (Fsp3) is 0.688. The molecule has 0 bridgehead atoms. The molecule has 6 N–H and O–H groups in total. The minimum absolute atomic E-state index is 0.00165. The molecule has 172 valence electrons. The second-order valence-electron chi connectivity index (χ2n) is 8.12. The van der Waals surface area contributed by atoms with Gasteiger partial charge in [-0.05, 0) is 31.4 Å². The van der Waals surface area contributed by atoms with Crippen molar-refractivity contribution in [1.82, 2.24) is 19.7 Å². The Balaban J connectivity index is 1.53. The molecule has 1 aliphatic heterocycles. The molecule has 0 unspecified atom stereocenters. The molecule has 4 rings (SSSR count). The van der Waals surface area contributed by atoms with E-state index in [1.54, 1.807) is 6.92 Å². The third kappa shape index (κ3) is 4.85. The molecule has 0 aromatic carbocycles. The number of aliphatic hydroxyl groups is 3. The van der Waals surface area contributed by atoms with Gasteiger partial charge in [0, 0.05) is 6.04 Å². The molecular formula is C16H23ClN5O8P. The zero-order chi connectivity index (χ0) is 22.6. The van der Waals surface area contributed by atoms with Crippen molar-refractivity contribution in [3.05, 3.63) is 11.5 Å². The summed E-state index contributed by atoms with van der Waals surface area (Å²) in [7, 11) is -4.38. The molecule has 15 heteroatoms. The van der Waals surface area contributed by atoms with Crippen molar-refractivity contribution in [2.45, 2.75) is 55.9 Å². The number of aromatic nitrogens is 4. The van der Waals surface area contributed by atoms with Crippen LogP contribution in [-0.4, -0.2) is 87.8 Å². The van der Waals surface area contributed by atoms with Crippen LogP contribution in [0.5, 0.6) is 0 Å². The molecule has 2 aromatic heterocycles. The lowest BCUT2D eigenvalue weighted by Crippen LogP contribution is -2.48. The van der Waals surface area contributed by atoms with Gasteiger partial charge in [-0.25, -0.2) is 4.68 Å². The van der Waals surface area contributed by atoms with Crippen LogP contribution in [-0.2, 0) is 14.0 Å². The van der Waals surface area contributed by atoms with Gasteiger partial charge in [0.15, 0.2) is 11.9 Å². The molecule has 2 fully saturated rings. The van der Waals surface area contributed by atoms with E-state index < -0.39 is 44.1 Å². The maximum Gasteiger partial charge on any atom is 0.350 e. The van der Waals surface area contributed by atoms with Crippen LogP contribution in [0.3, 0.4) is 0 Å². The van der Waals surface area contributed by atoms with E-state index in [1.165, 1.54) is 10.9 Å². The van der Waals surface area contributed by atoms with Crippen molar-refractivity contribution in [3.63, 3.8) is 0 Å². The standard InChI is InChI=1S/C16H23ClN5O8P/c1-16(25)2-7(3-16)19-12-8-4-18-22(13(8)21-15(17)20-12)14-11(24)10(23)9(30-14)5-29-6-31(26,27)28/h4,7,9-11,14,23-25H,2-3,5-6H2,1H3,(H,19,20,21)(H2,26,27,28)/t7-,9-,10-,11-,14-,16+/m1/s1. The van der Waals surface area contributed by atoms with Crippen molar-refractivity contribution in [1.29, 1.82) is 0 Å². The lowest BCUT2D eigenvalue weighted by molar-refractivity contribution is -0.0658. The Morgan fingerprint density at radius 1 is 1.35 bits per heavy atom. The highest BCUT2D eigenvalue weighted by Gasteiger charge is 2.45. The zero-order valence-electron chi connectivity index (χ0n) is 16.4. The third-order valence-electron chi connectivity index (χ3n) is 5.26. The average Bonchev–Trinajstić information content (AvgIpc) is 3.15. The largest absolute Gasteiger partial charge is 0.390 e. The van der Waals surface area contributed by atoms with E-state index >= 15 is 0 Å². The number of aliphatic hydroxyl groups excluding tert-OH is 2. The molecule has 0 radical (unpaired) electrons. The van der Waals surface area contributed by atoms with Gasteiger partial charge in [0.1, 0.15) is 30.5 Å². The van der Waals surface area contributed by atoms with E-state index in [0.29, 0.717) is 24.0 Å². The molecule has 2 aliphatic rings. The third-order valence-corrected chi connectivity index (χ3v) is 5.95. The number of anilines is 1. The van der Waals surface area contributed by atoms with E-state index in [4.69, 9.17) is 30.9 Å². The van der Waals surface area contributed by atoms with Crippen LogP contribution in [0.4, 0.5) is 5.82 Å². The van der Waals surface area contributed by atoms with E-state index in [9.17, 15) is 19.9 Å². The molecule has 31 heavy (non-hydrogen) atoms. The molecule has 0 spiro atoms. The quantitative estimate of drug-likeness (QED) is 0.222. The second-order valence-corrected chi connectivity index (χ2v) is 10.1. The molecule has 4 atom stereocenters. The number of hydrogen-bond donors (Lipinski definition) is 6. The minimum atomic E-state index is -4.38. The van der Waals surface area contributed by atoms with Crippen molar-refractivity contribution < 1.29 is 39.1 Å². The van der Waals surface area contributed by atoms with E-state index in [1.807, 2.05) is 0 Å². The maximum atomic E-state index is 10.9. The van der Waals surface area contributed by atoms with Crippen molar-refractivity contribution in [2.24, 2.45) is 0 Å². The number of halogens is 1. The predicted octanol–water partition coefficient (Wildman–Crippen LogP) is -0.424. The first-order valence-electron chi connectivity index (χ1n) is 9.47. The van der Waals surface area contributed by atoms with E-state index in [2.05, 4.69) is 20.4 Å². The van der Waals surface area contributed by atoms with Gasteiger partial charge in [-0.2, -0.15) is 15.1 Å². The zero-order valence-corrected chi connectivity index (χ0v) is 18.0. The average molecular weight is 480 g/mol. The van der Waals surface area contributed by atoms with Gasteiger partial charge >= 0.3 is 7.60 Å². The lowest BCUT2D eigenvalue weighted by atomic mass is 9.77. The summed E-state index contributed by atoms with van der Waals surface area (Å²) in [6, 6.07) is -0.00165. The normalized spacial score (nSPS) is 33.6. The van der Waals surface area contributed by atoms with Crippen LogP contribution >= 0.6 is 19.2 Å². The van der Waals surface area contributed by atoms with Crippen LogP contribution in [0.15, 0.2) is 6.20 Å². The minimum Gasteiger partial charge on any atom is -0.390 e. The van der Waals surface area contributed by atoms with Crippen LogP contribution in [0.25, 0.3) is 11.0 Å². The van der Waals surface area contributed by atoms with Crippen LogP contribution in [0.2, 0.25) is 5.28 Å². The van der Waals surface area contributed by atoms with Gasteiger partial charge in [-0.15, -0.1) is 0 Å². The number of nitrogens with zero attached hydrogens (tertiary/aromatic N) is 4. The Morgan fingerprint density at radius 2 is 2.06 bits per heavy atom. The van der Waals surface area contributed by atoms with Gasteiger partial charge in [0.25, 0.3) is 0 Å². The van der Waals surface area contributed by atoms with E-state index in [-0.39, 0.29) is 23.6 Å². The number of nitrogens with one attached hydrogen (secondary N) is 1. The smallest absolute Gasteiger partial charge is 0.350 e. The molecule has 1 aliphatic carbocycles. The molecule has 1 saturated carbocycles. The first-order valence-corrected chi connectivity index (χ1v) is 11.6. The van der Waals surface area contributed by atoms with Crippen LogP contribution < -0.4 is 5.32 Å². The highest BCUT2D eigenvalue weighted by Crippen LogP contribution is 2.37. The summed E-state index contributed by atoms with van der Waals surface area (Å²) < 4.78 is 22.7. The highest BCUT2D eigenvalue weighted by molar-refractivity contribution is 7.51. The molecule has 2 aromatic rings. The first kappa shape index (κ1) is 22.8. The lowest BCUT2D eigenvalue weighted by Gasteiger charge is -2.41. The summed E-state index contributed by atoms with van der Waals surface area (Å²) in [4.78, 5) is 26.1. The van der Waals surface area contributed by atoms with Crippen LogP contribution in [0, 0.1) is 0 Å². The molecule has 13 nitrogen and oxygen atoms in total. The van der Waals surface area contributed by atoms with Crippen molar-refractivity contribution in [2.75, 3.05) is 18.3 Å². The fourth-order valence-corrected chi connectivity index (χ4v) is 4.36. The van der Waals surface area contributed by atoms with E-state index in [0.717, 1.165) is 0 Å². The summed E-state index contributed by atoms with van der Waals surface area (Å²) >= 11 is 6.07. The summed E-state index contributed by atoms with van der Waals surface area (Å²) in [5, 5.41) is 38.5. The molecule has 0 amide bonds. The first-order chi connectivity index (χ1) is 14.4. The van der Waals surface area contributed by atoms with Gasteiger partial charge in [0.2, 0.25) is 5.28 Å². The Morgan fingerprint density at radius 3 is 2.71 bits per heavy atom. The number of hydrogen-bond acceptors (Lipinski definition) is 10. The Hall–Kier alpha value is -1.41. The Kier molecular flexibility index (Phi) is 6.01.